The second-order valence-electron chi connectivity index (χ2n) is 4.17. The van der Waals surface area contributed by atoms with Crippen molar-refractivity contribution in [3.05, 3.63) is 24.3 Å². The van der Waals surface area contributed by atoms with Crippen molar-refractivity contribution in [3.8, 4) is 0 Å². The second-order valence-corrected chi connectivity index (χ2v) is 4.17. The van der Waals surface area contributed by atoms with Gasteiger partial charge in [0.05, 0.1) is 0 Å². The Morgan fingerprint density at radius 2 is 1.85 bits per heavy atom. The first-order valence-corrected chi connectivity index (χ1v) is 5.01. The van der Waals surface area contributed by atoms with Gasteiger partial charge in [-0.15, -0.1) is 0 Å². The van der Waals surface area contributed by atoms with Crippen molar-refractivity contribution in [2.24, 2.45) is 5.92 Å². The lowest BCUT2D eigenvalue weighted by molar-refractivity contribution is 0.265. The van der Waals surface area contributed by atoms with Crippen LogP contribution in [0.15, 0.2) is 24.3 Å². The van der Waals surface area contributed by atoms with Crippen molar-refractivity contribution < 1.29 is 0 Å². The van der Waals surface area contributed by atoms with Crippen LogP contribution in [0.5, 0.6) is 0 Å². The molecule has 2 unspecified atom stereocenters. The molecule has 2 heteroatoms. The summed E-state index contributed by atoms with van der Waals surface area (Å²) in [5.41, 5.74) is 0. The zero-order chi connectivity index (χ0) is 9.26. The normalized spacial score (nSPS) is 35.8. The molecule has 2 atom stereocenters. The van der Waals surface area contributed by atoms with Crippen LogP contribution in [-0.2, 0) is 0 Å². The van der Waals surface area contributed by atoms with Gasteiger partial charge in [-0.05, 0) is 14.1 Å². The van der Waals surface area contributed by atoms with Gasteiger partial charge in [-0.2, -0.15) is 0 Å². The lowest BCUT2D eigenvalue weighted by Gasteiger charge is -2.29. The quantitative estimate of drug-likeness (QED) is 0.545. The van der Waals surface area contributed by atoms with Crippen molar-refractivity contribution in [1.29, 1.82) is 0 Å². The number of allylic oxidation sites excluding steroid dienone is 2. The van der Waals surface area contributed by atoms with Crippen molar-refractivity contribution in [2.75, 3.05) is 33.7 Å². The molecule has 0 bridgehead atoms. The van der Waals surface area contributed by atoms with E-state index in [1.807, 2.05) is 0 Å². The third kappa shape index (κ3) is 1.84. The maximum absolute atomic E-state index is 2.45. The summed E-state index contributed by atoms with van der Waals surface area (Å²) < 4.78 is 0. The molecular formula is C11H18N2. The highest BCUT2D eigenvalue weighted by Crippen LogP contribution is 2.20. The van der Waals surface area contributed by atoms with E-state index in [0.29, 0.717) is 12.0 Å². The number of hydrogen-bond donors (Lipinski definition) is 0. The van der Waals surface area contributed by atoms with Crippen molar-refractivity contribution in [3.63, 3.8) is 0 Å². The summed E-state index contributed by atoms with van der Waals surface area (Å²) in [5, 5.41) is 0. The SMILES string of the molecule is CN1CCN(C)C2C=CC=CC2C1. The third-order valence-electron chi connectivity index (χ3n) is 3.08. The van der Waals surface area contributed by atoms with E-state index in [2.05, 4.69) is 48.2 Å². The molecule has 1 heterocycles. The van der Waals surface area contributed by atoms with Crippen LogP contribution in [0.1, 0.15) is 0 Å². The molecule has 0 aromatic carbocycles. The van der Waals surface area contributed by atoms with Gasteiger partial charge >= 0.3 is 0 Å². The van der Waals surface area contributed by atoms with Crippen LogP contribution in [-0.4, -0.2) is 49.6 Å². The van der Waals surface area contributed by atoms with E-state index >= 15 is 0 Å². The van der Waals surface area contributed by atoms with E-state index in [1.165, 1.54) is 19.6 Å². The summed E-state index contributed by atoms with van der Waals surface area (Å²) in [6.45, 7) is 3.55. The van der Waals surface area contributed by atoms with Gasteiger partial charge in [0, 0.05) is 31.6 Å². The van der Waals surface area contributed by atoms with Gasteiger partial charge in [0.15, 0.2) is 0 Å². The first-order chi connectivity index (χ1) is 6.27. The molecule has 1 saturated heterocycles. The maximum Gasteiger partial charge on any atom is 0.0353 e. The number of likely N-dealkylation sites (N-methyl/N-ethyl adjacent to an activating group) is 2. The van der Waals surface area contributed by atoms with E-state index in [0.717, 1.165) is 0 Å². The van der Waals surface area contributed by atoms with Crippen LogP contribution in [0.3, 0.4) is 0 Å². The minimum atomic E-state index is 0.620. The Morgan fingerprint density at radius 1 is 1.08 bits per heavy atom. The van der Waals surface area contributed by atoms with Crippen LogP contribution >= 0.6 is 0 Å². The number of rotatable bonds is 0. The van der Waals surface area contributed by atoms with Crippen LogP contribution < -0.4 is 0 Å². The van der Waals surface area contributed by atoms with Gasteiger partial charge in [0.2, 0.25) is 0 Å². The molecule has 1 aliphatic carbocycles. The summed E-state index contributed by atoms with van der Waals surface area (Å²) >= 11 is 0. The smallest absolute Gasteiger partial charge is 0.0353 e. The summed E-state index contributed by atoms with van der Waals surface area (Å²) in [4.78, 5) is 4.87. The predicted molar refractivity (Wildman–Crippen MR) is 55.7 cm³/mol. The molecule has 1 aliphatic heterocycles. The van der Waals surface area contributed by atoms with Gasteiger partial charge in [-0.3, -0.25) is 4.90 Å². The molecule has 2 nitrogen and oxygen atoms in total. The van der Waals surface area contributed by atoms with E-state index in [1.54, 1.807) is 0 Å². The molecule has 0 aromatic heterocycles. The van der Waals surface area contributed by atoms with Gasteiger partial charge in [0.25, 0.3) is 0 Å². The van der Waals surface area contributed by atoms with Gasteiger partial charge in [0.1, 0.15) is 0 Å². The van der Waals surface area contributed by atoms with Crippen LogP contribution in [0.2, 0.25) is 0 Å². The molecule has 0 N–H and O–H groups in total. The molecule has 2 rings (SSSR count). The molecule has 0 amide bonds. The van der Waals surface area contributed by atoms with Crippen LogP contribution in [0.25, 0.3) is 0 Å². The molecule has 1 fully saturated rings. The highest BCUT2D eigenvalue weighted by atomic mass is 15.2. The topological polar surface area (TPSA) is 6.48 Å². The fraction of sp³-hybridized carbons (Fsp3) is 0.636. The number of hydrogen-bond acceptors (Lipinski definition) is 2. The highest BCUT2D eigenvalue weighted by molar-refractivity contribution is 5.18. The van der Waals surface area contributed by atoms with E-state index < -0.39 is 0 Å². The Kier molecular flexibility index (Phi) is 2.51. The fourth-order valence-corrected chi connectivity index (χ4v) is 2.21. The average Bonchev–Trinajstić information content (AvgIpc) is 2.27. The minimum Gasteiger partial charge on any atom is -0.304 e. The Hall–Kier alpha value is -0.600. The van der Waals surface area contributed by atoms with E-state index in [9.17, 15) is 0 Å². The predicted octanol–water partition coefficient (Wildman–Crippen LogP) is 0.974. The monoisotopic (exact) mass is 178 g/mol. The van der Waals surface area contributed by atoms with Crippen molar-refractivity contribution in [2.45, 2.75) is 6.04 Å². The lowest BCUT2D eigenvalue weighted by atomic mass is 9.94. The van der Waals surface area contributed by atoms with E-state index in [4.69, 9.17) is 0 Å². The lowest BCUT2D eigenvalue weighted by Crippen LogP contribution is -2.36. The Balaban J connectivity index is 2.15. The molecule has 72 valence electrons. The maximum atomic E-state index is 2.45. The Morgan fingerprint density at radius 3 is 2.69 bits per heavy atom. The molecule has 13 heavy (non-hydrogen) atoms. The molecule has 0 spiro atoms. The second kappa shape index (κ2) is 3.64. The van der Waals surface area contributed by atoms with Crippen molar-refractivity contribution in [1.82, 2.24) is 9.80 Å². The summed E-state index contributed by atoms with van der Waals surface area (Å²) in [5.74, 6) is 0.683. The average molecular weight is 178 g/mol. The minimum absolute atomic E-state index is 0.620. The molecule has 2 aliphatic rings. The third-order valence-corrected chi connectivity index (χ3v) is 3.08. The van der Waals surface area contributed by atoms with Crippen LogP contribution in [0.4, 0.5) is 0 Å². The standard InChI is InChI=1S/C11H18N2/c1-12-7-8-13(2)11-6-4-3-5-10(11)9-12/h3-6,10-11H,7-9H2,1-2H3. The summed E-state index contributed by atoms with van der Waals surface area (Å²) in [6.07, 6.45) is 9.00. The van der Waals surface area contributed by atoms with Crippen molar-refractivity contribution >= 4 is 0 Å². The number of fused-ring (bicyclic) bond motifs is 1. The van der Waals surface area contributed by atoms with Gasteiger partial charge in [-0.25, -0.2) is 0 Å². The van der Waals surface area contributed by atoms with Gasteiger partial charge in [-0.1, -0.05) is 24.3 Å². The molecular weight excluding hydrogens is 160 g/mol. The highest BCUT2D eigenvalue weighted by Gasteiger charge is 2.26. The number of nitrogens with zero attached hydrogens (tertiary/aromatic N) is 2. The largest absolute Gasteiger partial charge is 0.304 e. The molecule has 0 aromatic rings. The van der Waals surface area contributed by atoms with E-state index in [-0.39, 0.29) is 0 Å². The summed E-state index contributed by atoms with van der Waals surface area (Å²) in [7, 11) is 4.43. The fourth-order valence-electron chi connectivity index (χ4n) is 2.21. The zero-order valence-corrected chi connectivity index (χ0v) is 8.48. The molecule has 0 radical (unpaired) electrons. The molecule has 0 saturated carbocycles. The Bertz CT molecular complexity index is 232. The van der Waals surface area contributed by atoms with Gasteiger partial charge < -0.3 is 4.90 Å². The zero-order valence-electron chi connectivity index (χ0n) is 8.48. The van der Waals surface area contributed by atoms with Crippen LogP contribution in [0, 0.1) is 5.92 Å². The summed E-state index contributed by atoms with van der Waals surface area (Å²) in [6, 6.07) is 0.620. The first kappa shape index (κ1) is 8.97. The first-order valence-electron chi connectivity index (χ1n) is 5.01. The Labute approximate surface area is 80.5 Å².